The van der Waals surface area contributed by atoms with Crippen molar-refractivity contribution in [3.8, 4) is 34.4 Å². The third kappa shape index (κ3) is 3.88. The second-order valence-electron chi connectivity index (χ2n) is 6.22. The molecular formula is C20H14F4N4O2. The van der Waals surface area contributed by atoms with Crippen LogP contribution in [0.5, 0.6) is 11.8 Å². The molecule has 0 bridgehead atoms. The minimum atomic E-state index is -4.51. The molecule has 0 fully saturated rings. The van der Waals surface area contributed by atoms with Gasteiger partial charge in [-0.05, 0) is 30.3 Å². The van der Waals surface area contributed by atoms with Gasteiger partial charge in [0.25, 0.3) is 0 Å². The number of ether oxygens (including phenoxy) is 2. The van der Waals surface area contributed by atoms with Crippen LogP contribution < -0.4 is 9.47 Å². The van der Waals surface area contributed by atoms with Crippen molar-refractivity contribution < 1.29 is 27.0 Å². The maximum Gasteiger partial charge on any atom is 0.422 e. The summed E-state index contributed by atoms with van der Waals surface area (Å²) in [6.07, 6.45) is -3.02. The molecule has 0 radical (unpaired) electrons. The first-order valence-corrected chi connectivity index (χ1v) is 8.70. The molecule has 0 saturated heterocycles. The SMILES string of the molecule is COc1ccnc(-c2c(-c3ccc(F)cc3)nn3c(OCC(F)(F)F)cccc23)n1. The van der Waals surface area contributed by atoms with Crippen LogP contribution in [0.2, 0.25) is 0 Å². The Morgan fingerprint density at radius 1 is 1.03 bits per heavy atom. The van der Waals surface area contributed by atoms with Crippen molar-refractivity contribution >= 4 is 5.52 Å². The number of benzene rings is 1. The number of methoxy groups -OCH3 is 1. The standard InChI is InChI=1S/C20H14F4N4O2/c1-29-15-9-10-25-19(26-15)17-14-3-2-4-16(30-11-20(22,23)24)28(14)27-18(17)12-5-7-13(21)8-6-12/h2-10H,11H2,1H3. The maximum atomic E-state index is 13.4. The van der Waals surface area contributed by atoms with Crippen molar-refractivity contribution in [3.63, 3.8) is 0 Å². The number of alkyl halides is 3. The average Bonchev–Trinajstić information content (AvgIpc) is 3.12. The topological polar surface area (TPSA) is 61.5 Å². The van der Waals surface area contributed by atoms with Gasteiger partial charge >= 0.3 is 6.18 Å². The predicted octanol–water partition coefficient (Wildman–Crippen LogP) is 4.55. The molecule has 6 nitrogen and oxygen atoms in total. The van der Waals surface area contributed by atoms with E-state index < -0.39 is 18.6 Å². The molecule has 154 valence electrons. The first-order valence-electron chi connectivity index (χ1n) is 8.70. The lowest BCUT2D eigenvalue weighted by Crippen LogP contribution is -2.20. The highest BCUT2D eigenvalue weighted by atomic mass is 19.4. The van der Waals surface area contributed by atoms with Crippen LogP contribution in [0.1, 0.15) is 0 Å². The fourth-order valence-corrected chi connectivity index (χ4v) is 2.92. The van der Waals surface area contributed by atoms with Crippen LogP contribution in [-0.2, 0) is 0 Å². The van der Waals surface area contributed by atoms with Gasteiger partial charge in [0, 0.05) is 23.9 Å². The monoisotopic (exact) mass is 418 g/mol. The number of hydrogen-bond acceptors (Lipinski definition) is 5. The smallest absolute Gasteiger partial charge is 0.422 e. The molecule has 4 rings (SSSR count). The van der Waals surface area contributed by atoms with Crippen molar-refractivity contribution in [2.24, 2.45) is 0 Å². The van der Waals surface area contributed by atoms with E-state index >= 15 is 0 Å². The zero-order chi connectivity index (χ0) is 21.3. The Morgan fingerprint density at radius 3 is 2.50 bits per heavy atom. The Balaban J connectivity index is 1.94. The highest BCUT2D eigenvalue weighted by Crippen LogP contribution is 2.35. The molecule has 10 heteroatoms. The van der Waals surface area contributed by atoms with Crippen LogP contribution in [0, 0.1) is 5.82 Å². The van der Waals surface area contributed by atoms with Crippen molar-refractivity contribution in [2.45, 2.75) is 6.18 Å². The Bertz CT molecular complexity index is 1190. The van der Waals surface area contributed by atoms with Gasteiger partial charge in [0.15, 0.2) is 12.4 Å². The Kier molecular flexibility index (Phi) is 4.98. The summed E-state index contributed by atoms with van der Waals surface area (Å²) >= 11 is 0. The molecule has 0 amide bonds. The molecule has 0 unspecified atom stereocenters. The molecule has 0 aliphatic heterocycles. The molecule has 1 aromatic carbocycles. The molecule has 3 aromatic heterocycles. The van der Waals surface area contributed by atoms with Gasteiger partial charge in [0.1, 0.15) is 11.5 Å². The molecule has 0 atom stereocenters. The minimum Gasteiger partial charge on any atom is -0.481 e. The van der Waals surface area contributed by atoms with E-state index in [1.807, 2.05) is 0 Å². The lowest BCUT2D eigenvalue weighted by atomic mass is 10.1. The number of fused-ring (bicyclic) bond motifs is 1. The van der Waals surface area contributed by atoms with Crippen LogP contribution in [0.25, 0.3) is 28.2 Å². The summed E-state index contributed by atoms with van der Waals surface area (Å²) in [5.74, 6) is 0.00348. The van der Waals surface area contributed by atoms with E-state index in [1.165, 1.54) is 48.2 Å². The number of nitrogens with zero attached hydrogens (tertiary/aromatic N) is 4. The van der Waals surface area contributed by atoms with Crippen LogP contribution in [0.15, 0.2) is 54.7 Å². The van der Waals surface area contributed by atoms with Gasteiger partial charge in [-0.2, -0.15) is 27.8 Å². The van der Waals surface area contributed by atoms with Gasteiger partial charge in [0.05, 0.1) is 18.2 Å². The number of aromatic nitrogens is 4. The van der Waals surface area contributed by atoms with Gasteiger partial charge < -0.3 is 9.47 Å². The molecule has 0 spiro atoms. The van der Waals surface area contributed by atoms with Gasteiger partial charge in [-0.3, -0.25) is 0 Å². The summed E-state index contributed by atoms with van der Waals surface area (Å²) < 4.78 is 62.7. The zero-order valence-electron chi connectivity index (χ0n) is 15.5. The van der Waals surface area contributed by atoms with E-state index in [0.29, 0.717) is 28.2 Å². The molecule has 30 heavy (non-hydrogen) atoms. The molecule has 0 saturated carbocycles. The normalized spacial score (nSPS) is 11.6. The summed E-state index contributed by atoms with van der Waals surface area (Å²) in [6, 6.07) is 11.7. The fourth-order valence-electron chi connectivity index (χ4n) is 2.92. The van der Waals surface area contributed by atoms with Gasteiger partial charge in [0.2, 0.25) is 11.8 Å². The van der Waals surface area contributed by atoms with Crippen LogP contribution >= 0.6 is 0 Å². The molecule has 3 heterocycles. The van der Waals surface area contributed by atoms with Crippen molar-refractivity contribution in [2.75, 3.05) is 13.7 Å². The van der Waals surface area contributed by atoms with Gasteiger partial charge in [-0.15, -0.1) is 0 Å². The average molecular weight is 418 g/mol. The van der Waals surface area contributed by atoms with Crippen LogP contribution in [0.3, 0.4) is 0 Å². The third-order valence-corrected chi connectivity index (χ3v) is 4.19. The summed E-state index contributed by atoms with van der Waals surface area (Å²) in [7, 11) is 1.45. The Morgan fingerprint density at radius 2 is 1.80 bits per heavy atom. The van der Waals surface area contributed by atoms with Crippen molar-refractivity contribution in [1.29, 1.82) is 0 Å². The van der Waals surface area contributed by atoms with E-state index in [2.05, 4.69) is 15.1 Å². The van der Waals surface area contributed by atoms with E-state index in [9.17, 15) is 17.6 Å². The third-order valence-electron chi connectivity index (χ3n) is 4.19. The molecule has 0 aliphatic rings. The second kappa shape index (κ2) is 7.62. The van der Waals surface area contributed by atoms with E-state index in [0.717, 1.165) is 0 Å². The number of hydrogen-bond donors (Lipinski definition) is 0. The molecule has 0 aliphatic carbocycles. The number of pyridine rings is 1. The summed E-state index contributed by atoms with van der Waals surface area (Å²) in [4.78, 5) is 8.58. The summed E-state index contributed by atoms with van der Waals surface area (Å²) in [5.41, 5.74) is 1.75. The lowest BCUT2D eigenvalue weighted by molar-refractivity contribution is -0.154. The number of rotatable bonds is 5. The largest absolute Gasteiger partial charge is 0.481 e. The first-order chi connectivity index (χ1) is 14.4. The minimum absolute atomic E-state index is 0.109. The molecule has 0 N–H and O–H groups in total. The zero-order valence-corrected chi connectivity index (χ0v) is 15.5. The van der Waals surface area contributed by atoms with Crippen molar-refractivity contribution in [3.05, 3.63) is 60.5 Å². The van der Waals surface area contributed by atoms with Crippen LogP contribution in [0.4, 0.5) is 17.6 Å². The first kappa shape index (κ1) is 19.6. The quantitative estimate of drug-likeness (QED) is 0.445. The van der Waals surface area contributed by atoms with E-state index in [4.69, 9.17) is 9.47 Å². The lowest BCUT2D eigenvalue weighted by Gasteiger charge is -2.10. The summed E-state index contributed by atoms with van der Waals surface area (Å²) in [5, 5.41) is 4.43. The van der Waals surface area contributed by atoms with Crippen molar-refractivity contribution in [1.82, 2.24) is 19.6 Å². The Hall–Kier alpha value is -3.69. The molecule has 4 aromatic rings. The molecular weight excluding hydrogens is 404 g/mol. The summed E-state index contributed by atoms with van der Waals surface area (Å²) in [6.45, 7) is -1.47. The highest BCUT2D eigenvalue weighted by Gasteiger charge is 2.29. The number of halogens is 4. The van der Waals surface area contributed by atoms with Gasteiger partial charge in [-0.25, -0.2) is 9.37 Å². The fraction of sp³-hybridized carbons (Fsp3) is 0.150. The Labute approximate surface area is 167 Å². The van der Waals surface area contributed by atoms with Gasteiger partial charge in [-0.1, -0.05) is 6.07 Å². The van der Waals surface area contributed by atoms with Crippen LogP contribution in [-0.4, -0.2) is 39.5 Å². The van der Waals surface area contributed by atoms with E-state index in [1.54, 1.807) is 18.2 Å². The van der Waals surface area contributed by atoms with E-state index in [-0.39, 0.29) is 11.7 Å². The predicted molar refractivity (Wildman–Crippen MR) is 99.7 cm³/mol. The maximum absolute atomic E-state index is 13.4. The second-order valence-corrected chi connectivity index (χ2v) is 6.22. The highest BCUT2D eigenvalue weighted by molar-refractivity contribution is 5.89.